The van der Waals surface area contributed by atoms with E-state index in [0.29, 0.717) is 18.7 Å². The van der Waals surface area contributed by atoms with E-state index in [1.807, 2.05) is 26.1 Å². The molecule has 0 spiro atoms. The Morgan fingerprint density at radius 2 is 2.20 bits per heavy atom. The zero-order chi connectivity index (χ0) is 15.0. The molecule has 108 valence electrons. The first-order chi connectivity index (χ1) is 9.58. The second-order valence-corrected chi connectivity index (χ2v) is 4.69. The lowest BCUT2D eigenvalue weighted by Crippen LogP contribution is -2.32. The van der Waals surface area contributed by atoms with Crippen LogP contribution in [0.25, 0.3) is 0 Å². The minimum Gasteiger partial charge on any atom is -0.351 e. The number of carbonyl (C=O) groups excluding carboxylic acids is 1. The lowest BCUT2D eigenvalue weighted by atomic mass is 10.0. The van der Waals surface area contributed by atoms with Crippen LogP contribution in [-0.4, -0.2) is 44.0 Å². The topological polar surface area (TPSA) is 58.4 Å². The van der Waals surface area contributed by atoms with Gasteiger partial charge in [-0.3, -0.25) is 4.79 Å². The second kappa shape index (κ2) is 8.36. The van der Waals surface area contributed by atoms with E-state index in [2.05, 4.69) is 29.0 Å². The number of hydrogen-bond acceptors (Lipinski definition) is 3. The third-order valence-electron chi connectivity index (χ3n) is 3.13. The summed E-state index contributed by atoms with van der Waals surface area (Å²) in [6.45, 7) is 6.85. The number of nitrogens with two attached hydrogens (primary N) is 1. The average Bonchev–Trinajstić information content (AvgIpc) is 2.45. The number of carbonyl (C=O) groups is 1. The van der Waals surface area contributed by atoms with Gasteiger partial charge in [0.2, 0.25) is 0 Å². The quantitative estimate of drug-likeness (QED) is 0.787. The summed E-state index contributed by atoms with van der Waals surface area (Å²) in [7, 11) is 2.03. The maximum absolute atomic E-state index is 12.0. The summed E-state index contributed by atoms with van der Waals surface area (Å²) >= 11 is 0. The Morgan fingerprint density at radius 1 is 1.45 bits per heavy atom. The Balaban J connectivity index is 2.63. The molecule has 3 N–H and O–H groups in total. The van der Waals surface area contributed by atoms with Crippen molar-refractivity contribution < 1.29 is 4.79 Å². The molecule has 0 radical (unpaired) electrons. The molecule has 0 aromatic heterocycles. The molecule has 0 unspecified atom stereocenters. The van der Waals surface area contributed by atoms with Crippen LogP contribution in [0, 0.1) is 18.8 Å². The van der Waals surface area contributed by atoms with Crippen molar-refractivity contribution in [1.29, 1.82) is 0 Å². The SMILES string of the molecule is CCN(C)CCNC(=O)c1ccc(C#CCN)c(C)c1. The molecule has 0 bridgehead atoms. The van der Waals surface area contributed by atoms with Crippen molar-refractivity contribution in [3.05, 3.63) is 34.9 Å². The molecule has 0 aliphatic carbocycles. The van der Waals surface area contributed by atoms with Crippen molar-refractivity contribution in [2.24, 2.45) is 5.73 Å². The first-order valence-electron chi connectivity index (χ1n) is 6.84. The summed E-state index contributed by atoms with van der Waals surface area (Å²) in [5.74, 6) is 5.76. The Kier molecular flexibility index (Phi) is 6.78. The number of hydrogen-bond donors (Lipinski definition) is 2. The Morgan fingerprint density at radius 3 is 2.80 bits per heavy atom. The molecule has 0 saturated carbocycles. The van der Waals surface area contributed by atoms with E-state index in [-0.39, 0.29) is 5.91 Å². The van der Waals surface area contributed by atoms with Crippen molar-refractivity contribution in [1.82, 2.24) is 10.2 Å². The van der Waals surface area contributed by atoms with Gasteiger partial charge in [0.05, 0.1) is 6.54 Å². The van der Waals surface area contributed by atoms with Gasteiger partial charge in [-0.25, -0.2) is 0 Å². The smallest absolute Gasteiger partial charge is 0.251 e. The third-order valence-corrected chi connectivity index (χ3v) is 3.13. The molecular formula is C16H23N3O. The molecule has 0 saturated heterocycles. The number of rotatable bonds is 5. The minimum atomic E-state index is -0.0454. The summed E-state index contributed by atoms with van der Waals surface area (Å²) in [6, 6.07) is 5.52. The molecule has 0 heterocycles. The molecule has 1 rings (SSSR count). The third kappa shape index (κ3) is 5.04. The highest BCUT2D eigenvalue weighted by Crippen LogP contribution is 2.10. The first-order valence-corrected chi connectivity index (χ1v) is 6.84. The number of aryl methyl sites for hydroxylation is 1. The monoisotopic (exact) mass is 273 g/mol. The number of benzene rings is 1. The molecule has 0 aliphatic heterocycles. The summed E-state index contributed by atoms with van der Waals surface area (Å²) in [6.07, 6.45) is 0. The van der Waals surface area contributed by atoms with E-state index in [1.165, 1.54) is 0 Å². The molecule has 0 atom stereocenters. The molecular weight excluding hydrogens is 250 g/mol. The van der Waals surface area contributed by atoms with Gasteiger partial charge in [0.1, 0.15) is 0 Å². The molecule has 20 heavy (non-hydrogen) atoms. The van der Waals surface area contributed by atoms with Crippen LogP contribution in [-0.2, 0) is 0 Å². The Labute approximate surface area is 121 Å². The zero-order valence-corrected chi connectivity index (χ0v) is 12.5. The van der Waals surface area contributed by atoms with Crippen LogP contribution in [0.5, 0.6) is 0 Å². The number of nitrogens with one attached hydrogen (secondary N) is 1. The van der Waals surface area contributed by atoms with Gasteiger partial charge in [0.15, 0.2) is 0 Å². The number of amides is 1. The molecule has 0 fully saturated rings. The molecule has 1 amide bonds. The molecule has 4 nitrogen and oxygen atoms in total. The Hall–Kier alpha value is -1.83. The fourth-order valence-corrected chi connectivity index (χ4v) is 1.71. The van der Waals surface area contributed by atoms with E-state index in [1.54, 1.807) is 6.07 Å². The highest BCUT2D eigenvalue weighted by atomic mass is 16.1. The van der Waals surface area contributed by atoms with Crippen LogP contribution >= 0.6 is 0 Å². The predicted octanol–water partition coefficient (Wildman–Crippen LogP) is 0.987. The van der Waals surface area contributed by atoms with Crippen LogP contribution in [0.2, 0.25) is 0 Å². The van der Waals surface area contributed by atoms with Crippen LogP contribution in [0.1, 0.15) is 28.4 Å². The van der Waals surface area contributed by atoms with Gasteiger partial charge in [0.25, 0.3) is 5.91 Å². The largest absolute Gasteiger partial charge is 0.351 e. The summed E-state index contributed by atoms with van der Waals surface area (Å²) in [5, 5.41) is 2.92. The van der Waals surface area contributed by atoms with Crippen LogP contribution < -0.4 is 11.1 Å². The number of likely N-dealkylation sites (N-methyl/N-ethyl adjacent to an activating group) is 1. The average molecular weight is 273 g/mol. The lowest BCUT2D eigenvalue weighted by Gasteiger charge is -2.14. The van der Waals surface area contributed by atoms with Crippen LogP contribution in [0.4, 0.5) is 0 Å². The van der Waals surface area contributed by atoms with E-state index < -0.39 is 0 Å². The van der Waals surface area contributed by atoms with E-state index in [9.17, 15) is 4.79 Å². The van der Waals surface area contributed by atoms with Crippen molar-refractivity contribution >= 4 is 5.91 Å². The molecule has 1 aromatic rings. The van der Waals surface area contributed by atoms with Gasteiger partial charge in [-0.05, 0) is 44.3 Å². The van der Waals surface area contributed by atoms with Gasteiger partial charge in [-0.2, -0.15) is 0 Å². The maximum atomic E-state index is 12.0. The van der Waals surface area contributed by atoms with E-state index in [4.69, 9.17) is 5.73 Å². The highest BCUT2D eigenvalue weighted by molar-refractivity contribution is 5.94. The second-order valence-electron chi connectivity index (χ2n) is 4.69. The molecule has 0 aliphatic rings. The number of nitrogens with zero attached hydrogens (tertiary/aromatic N) is 1. The summed E-state index contributed by atoms with van der Waals surface area (Å²) < 4.78 is 0. The fourth-order valence-electron chi connectivity index (χ4n) is 1.71. The summed E-state index contributed by atoms with van der Waals surface area (Å²) in [4.78, 5) is 14.2. The van der Waals surface area contributed by atoms with Gasteiger partial charge < -0.3 is 16.0 Å². The predicted molar refractivity (Wildman–Crippen MR) is 82.6 cm³/mol. The van der Waals surface area contributed by atoms with Gasteiger partial charge in [-0.15, -0.1) is 0 Å². The summed E-state index contributed by atoms with van der Waals surface area (Å²) in [5.41, 5.74) is 7.92. The van der Waals surface area contributed by atoms with E-state index >= 15 is 0 Å². The minimum absolute atomic E-state index is 0.0454. The fraction of sp³-hybridized carbons (Fsp3) is 0.438. The van der Waals surface area contributed by atoms with E-state index in [0.717, 1.165) is 24.2 Å². The van der Waals surface area contributed by atoms with Gasteiger partial charge >= 0.3 is 0 Å². The van der Waals surface area contributed by atoms with Gasteiger partial charge in [-0.1, -0.05) is 18.8 Å². The van der Waals surface area contributed by atoms with Gasteiger partial charge in [0, 0.05) is 24.2 Å². The molecule has 1 aromatic carbocycles. The Bertz CT molecular complexity index is 514. The lowest BCUT2D eigenvalue weighted by molar-refractivity contribution is 0.0950. The molecule has 4 heteroatoms. The van der Waals surface area contributed by atoms with Crippen molar-refractivity contribution in [3.8, 4) is 11.8 Å². The first kappa shape index (κ1) is 16.2. The van der Waals surface area contributed by atoms with Crippen molar-refractivity contribution in [3.63, 3.8) is 0 Å². The van der Waals surface area contributed by atoms with Crippen molar-refractivity contribution in [2.75, 3.05) is 33.2 Å². The normalized spacial score (nSPS) is 10.1. The van der Waals surface area contributed by atoms with Crippen molar-refractivity contribution in [2.45, 2.75) is 13.8 Å². The standard InChI is InChI=1S/C16H23N3O/c1-4-19(3)11-10-18-16(20)15-8-7-14(6-5-9-17)13(2)12-15/h7-8,12H,4,9-11,17H2,1-3H3,(H,18,20). The van der Waals surface area contributed by atoms with Crippen LogP contribution in [0.3, 0.4) is 0 Å². The highest BCUT2D eigenvalue weighted by Gasteiger charge is 2.06. The maximum Gasteiger partial charge on any atom is 0.251 e. The zero-order valence-electron chi connectivity index (χ0n) is 12.5. The van der Waals surface area contributed by atoms with Crippen LogP contribution in [0.15, 0.2) is 18.2 Å².